The van der Waals surface area contributed by atoms with Gasteiger partial charge in [0.2, 0.25) is 0 Å². The Hall–Kier alpha value is -1.02. The average molecular weight is 245 g/mol. The molecule has 1 aliphatic heterocycles. The van der Waals surface area contributed by atoms with Gasteiger partial charge in [0.25, 0.3) is 0 Å². The van der Waals surface area contributed by atoms with Crippen molar-refractivity contribution in [2.24, 2.45) is 11.8 Å². The molecule has 98 valence electrons. The van der Waals surface area contributed by atoms with Gasteiger partial charge in [0.05, 0.1) is 11.6 Å². The molecule has 0 amide bonds. The summed E-state index contributed by atoms with van der Waals surface area (Å²) in [4.78, 5) is 0. The fourth-order valence-corrected chi connectivity index (χ4v) is 3.45. The van der Waals surface area contributed by atoms with Crippen molar-refractivity contribution < 1.29 is 5.11 Å². The first-order valence-electron chi connectivity index (χ1n) is 7.15. The first-order chi connectivity index (χ1) is 8.58. The Kier molecular flexibility index (Phi) is 2.86. The van der Waals surface area contributed by atoms with E-state index in [0.29, 0.717) is 11.8 Å². The van der Waals surface area contributed by atoms with Crippen molar-refractivity contribution in [2.75, 3.05) is 5.32 Å². The topological polar surface area (TPSA) is 32.3 Å². The third kappa shape index (κ3) is 1.93. The van der Waals surface area contributed by atoms with Crippen LogP contribution in [0.1, 0.15) is 38.7 Å². The molecule has 1 fully saturated rings. The van der Waals surface area contributed by atoms with E-state index in [9.17, 15) is 5.11 Å². The van der Waals surface area contributed by atoms with Gasteiger partial charge in [-0.1, -0.05) is 32.0 Å². The number of nitrogens with one attached hydrogen (secondary N) is 1. The summed E-state index contributed by atoms with van der Waals surface area (Å²) in [6.07, 6.45) is 4.07. The van der Waals surface area contributed by atoms with Gasteiger partial charge in [0.1, 0.15) is 0 Å². The molecule has 1 saturated carbocycles. The van der Waals surface area contributed by atoms with Gasteiger partial charge in [-0.25, -0.2) is 0 Å². The molecule has 18 heavy (non-hydrogen) atoms. The normalized spacial score (nSPS) is 34.7. The van der Waals surface area contributed by atoms with Gasteiger partial charge in [-0.15, -0.1) is 0 Å². The van der Waals surface area contributed by atoms with E-state index in [0.717, 1.165) is 25.7 Å². The Balaban J connectivity index is 1.70. The van der Waals surface area contributed by atoms with E-state index in [2.05, 4.69) is 43.4 Å². The summed E-state index contributed by atoms with van der Waals surface area (Å²) in [5.74, 6) is 1.40. The van der Waals surface area contributed by atoms with E-state index < -0.39 is 5.60 Å². The number of rotatable bonds is 2. The molecule has 0 aromatic heterocycles. The molecule has 2 heteroatoms. The summed E-state index contributed by atoms with van der Waals surface area (Å²) in [6, 6.07) is 8.70. The van der Waals surface area contributed by atoms with Gasteiger partial charge >= 0.3 is 0 Å². The lowest BCUT2D eigenvalue weighted by molar-refractivity contribution is -0.101. The SMILES string of the molecule is CC(C)C1CC(O)(C2CCc3ccccc3N2)C1. The third-order valence-corrected chi connectivity index (χ3v) is 4.87. The molecular weight excluding hydrogens is 222 g/mol. The van der Waals surface area contributed by atoms with Crippen molar-refractivity contribution in [1.29, 1.82) is 0 Å². The van der Waals surface area contributed by atoms with Crippen LogP contribution < -0.4 is 5.32 Å². The van der Waals surface area contributed by atoms with Crippen LogP contribution in [0.2, 0.25) is 0 Å². The second-order valence-corrected chi connectivity index (χ2v) is 6.41. The highest BCUT2D eigenvalue weighted by atomic mass is 16.3. The molecule has 0 saturated heterocycles. The fraction of sp³-hybridized carbons (Fsp3) is 0.625. The van der Waals surface area contributed by atoms with Crippen molar-refractivity contribution in [2.45, 2.75) is 51.2 Å². The maximum absolute atomic E-state index is 10.7. The molecule has 1 aliphatic carbocycles. The molecule has 2 N–H and O–H groups in total. The number of fused-ring (bicyclic) bond motifs is 1. The van der Waals surface area contributed by atoms with Crippen molar-refractivity contribution in [3.8, 4) is 0 Å². The Bertz CT molecular complexity index is 434. The predicted molar refractivity (Wildman–Crippen MR) is 74.7 cm³/mol. The molecule has 0 bridgehead atoms. The van der Waals surface area contributed by atoms with Crippen LogP contribution in [0.15, 0.2) is 24.3 Å². The van der Waals surface area contributed by atoms with Gasteiger partial charge < -0.3 is 10.4 Å². The van der Waals surface area contributed by atoms with E-state index in [4.69, 9.17) is 0 Å². The Morgan fingerprint density at radius 1 is 1.28 bits per heavy atom. The summed E-state index contributed by atoms with van der Waals surface area (Å²) in [7, 11) is 0. The van der Waals surface area contributed by atoms with E-state index in [1.165, 1.54) is 11.3 Å². The number of aryl methyl sites for hydroxylation is 1. The van der Waals surface area contributed by atoms with Crippen LogP contribution in [0.4, 0.5) is 5.69 Å². The number of para-hydroxylation sites is 1. The molecule has 0 radical (unpaired) electrons. The largest absolute Gasteiger partial charge is 0.388 e. The molecule has 1 aromatic rings. The van der Waals surface area contributed by atoms with Crippen molar-refractivity contribution in [3.63, 3.8) is 0 Å². The minimum absolute atomic E-state index is 0.238. The van der Waals surface area contributed by atoms with Gasteiger partial charge in [-0.3, -0.25) is 0 Å². The Morgan fingerprint density at radius 2 is 2.00 bits per heavy atom. The van der Waals surface area contributed by atoms with E-state index in [1.807, 2.05) is 0 Å². The number of benzene rings is 1. The minimum atomic E-state index is -0.470. The fourth-order valence-electron chi connectivity index (χ4n) is 3.45. The average Bonchev–Trinajstić information content (AvgIpc) is 2.34. The molecule has 3 rings (SSSR count). The quantitative estimate of drug-likeness (QED) is 0.838. The second kappa shape index (κ2) is 4.27. The maximum atomic E-state index is 10.7. The molecule has 1 heterocycles. The molecule has 1 aromatic carbocycles. The van der Waals surface area contributed by atoms with Gasteiger partial charge in [-0.2, -0.15) is 0 Å². The molecule has 2 nitrogen and oxygen atoms in total. The smallest absolute Gasteiger partial charge is 0.0853 e. The Labute approximate surface area is 109 Å². The van der Waals surface area contributed by atoms with Gasteiger partial charge in [-0.05, 0) is 49.1 Å². The minimum Gasteiger partial charge on any atom is -0.388 e. The molecule has 2 aliphatic rings. The van der Waals surface area contributed by atoms with Crippen LogP contribution in [-0.2, 0) is 6.42 Å². The van der Waals surface area contributed by atoms with Crippen molar-refractivity contribution in [1.82, 2.24) is 0 Å². The third-order valence-electron chi connectivity index (χ3n) is 4.87. The molecular formula is C16H23NO. The Morgan fingerprint density at radius 3 is 2.72 bits per heavy atom. The number of anilines is 1. The lowest BCUT2D eigenvalue weighted by Crippen LogP contribution is -2.57. The van der Waals surface area contributed by atoms with Crippen molar-refractivity contribution >= 4 is 5.69 Å². The summed E-state index contributed by atoms with van der Waals surface area (Å²) < 4.78 is 0. The summed E-state index contributed by atoms with van der Waals surface area (Å²) in [6.45, 7) is 4.52. The summed E-state index contributed by atoms with van der Waals surface area (Å²) in [5.41, 5.74) is 2.13. The van der Waals surface area contributed by atoms with E-state index in [1.54, 1.807) is 0 Å². The second-order valence-electron chi connectivity index (χ2n) is 6.41. The van der Waals surface area contributed by atoms with Crippen LogP contribution in [0.25, 0.3) is 0 Å². The lowest BCUT2D eigenvalue weighted by atomic mass is 9.62. The summed E-state index contributed by atoms with van der Waals surface area (Å²) in [5, 5.41) is 14.3. The zero-order valence-electron chi connectivity index (χ0n) is 11.3. The van der Waals surface area contributed by atoms with Crippen LogP contribution in [0.5, 0.6) is 0 Å². The molecule has 1 atom stereocenters. The van der Waals surface area contributed by atoms with Crippen molar-refractivity contribution in [3.05, 3.63) is 29.8 Å². The standard InChI is InChI=1S/C16H23NO/c1-11(2)13-9-16(18,10-13)15-8-7-12-5-3-4-6-14(12)17-15/h3-6,11,13,15,17-18H,7-10H2,1-2H3. The highest BCUT2D eigenvalue weighted by Crippen LogP contribution is 2.46. The van der Waals surface area contributed by atoms with E-state index >= 15 is 0 Å². The highest BCUT2D eigenvalue weighted by Gasteiger charge is 2.49. The molecule has 0 spiro atoms. The van der Waals surface area contributed by atoms with Crippen LogP contribution in [0, 0.1) is 11.8 Å². The summed E-state index contributed by atoms with van der Waals surface area (Å²) >= 11 is 0. The van der Waals surface area contributed by atoms with Crippen LogP contribution in [-0.4, -0.2) is 16.7 Å². The van der Waals surface area contributed by atoms with E-state index in [-0.39, 0.29) is 6.04 Å². The molecule has 1 unspecified atom stereocenters. The predicted octanol–water partition coefficient (Wildman–Crippen LogP) is 3.21. The lowest BCUT2D eigenvalue weighted by Gasteiger charge is -2.51. The van der Waals surface area contributed by atoms with Crippen LogP contribution >= 0.6 is 0 Å². The number of hydrogen-bond acceptors (Lipinski definition) is 2. The first kappa shape index (κ1) is 12.0. The number of aliphatic hydroxyl groups is 1. The number of hydrogen-bond donors (Lipinski definition) is 2. The maximum Gasteiger partial charge on any atom is 0.0853 e. The zero-order valence-corrected chi connectivity index (χ0v) is 11.3. The zero-order chi connectivity index (χ0) is 12.8. The van der Waals surface area contributed by atoms with Gasteiger partial charge in [0, 0.05) is 5.69 Å². The monoisotopic (exact) mass is 245 g/mol. The van der Waals surface area contributed by atoms with Gasteiger partial charge in [0.15, 0.2) is 0 Å². The highest BCUT2D eigenvalue weighted by molar-refractivity contribution is 5.54. The first-order valence-corrected chi connectivity index (χ1v) is 7.15. The van der Waals surface area contributed by atoms with Crippen LogP contribution in [0.3, 0.4) is 0 Å².